The van der Waals surface area contributed by atoms with Crippen molar-refractivity contribution in [2.75, 3.05) is 7.05 Å². The van der Waals surface area contributed by atoms with E-state index in [0.717, 1.165) is 11.1 Å². The molecule has 11 heteroatoms. The first-order valence-corrected chi connectivity index (χ1v) is 11.7. The lowest BCUT2D eigenvalue weighted by Gasteiger charge is -2.29. The van der Waals surface area contributed by atoms with Crippen LogP contribution in [0.2, 0.25) is 0 Å². The first-order chi connectivity index (χ1) is 17.8. The fourth-order valence-corrected chi connectivity index (χ4v) is 4.64. The molecule has 0 aliphatic carbocycles. The fourth-order valence-electron chi connectivity index (χ4n) is 4.64. The van der Waals surface area contributed by atoms with Gasteiger partial charge in [-0.05, 0) is 54.8 Å². The number of aromatic nitrogens is 3. The summed E-state index contributed by atoms with van der Waals surface area (Å²) in [6.07, 6.45) is 2.00. The smallest absolute Gasteiger partial charge is 0.276 e. The Morgan fingerprint density at radius 1 is 1.22 bits per heavy atom. The highest BCUT2D eigenvalue weighted by molar-refractivity contribution is 6.05. The minimum atomic E-state index is -0.692. The second-order valence-corrected chi connectivity index (χ2v) is 9.12. The average Bonchev–Trinajstić information content (AvgIpc) is 3.52. The Bertz CT molecular complexity index is 1490. The van der Waals surface area contributed by atoms with Gasteiger partial charge in [0.25, 0.3) is 11.8 Å². The van der Waals surface area contributed by atoms with Crippen molar-refractivity contribution in [2.45, 2.75) is 38.4 Å². The number of nitrogens with one attached hydrogen (secondary N) is 1. The molecule has 5 rings (SSSR count). The Kier molecular flexibility index (Phi) is 6.01. The molecule has 3 aromatic rings. The molecule has 11 nitrogen and oxygen atoms in total. The van der Waals surface area contributed by atoms with E-state index in [4.69, 9.17) is 5.26 Å². The number of hydrogen-bond acceptors (Lipinski definition) is 7. The number of piperidine rings is 1. The van der Waals surface area contributed by atoms with Crippen LogP contribution >= 0.6 is 0 Å². The van der Waals surface area contributed by atoms with E-state index < -0.39 is 11.9 Å². The molecule has 186 valence electrons. The molecule has 1 fully saturated rings. The number of hydrogen-bond donors (Lipinski definition) is 1. The van der Waals surface area contributed by atoms with Gasteiger partial charge in [0, 0.05) is 25.6 Å². The molecule has 0 saturated carbocycles. The van der Waals surface area contributed by atoms with Crippen LogP contribution < -0.4 is 5.32 Å². The van der Waals surface area contributed by atoms with Gasteiger partial charge in [0.05, 0.1) is 29.6 Å². The molecular weight excluding hydrogens is 474 g/mol. The molecule has 0 spiro atoms. The molecular formula is C26H23N7O4. The van der Waals surface area contributed by atoms with Crippen LogP contribution in [0.4, 0.5) is 0 Å². The average molecular weight is 498 g/mol. The third-order valence-corrected chi connectivity index (χ3v) is 6.88. The van der Waals surface area contributed by atoms with E-state index in [0.29, 0.717) is 23.2 Å². The Morgan fingerprint density at radius 3 is 2.78 bits per heavy atom. The van der Waals surface area contributed by atoms with Crippen LogP contribution in [0.1, 0.15) is 63.3 Å². The zero-order valence-electron chi connectivity index (χ0n) is 20.2. The Labute approximate surface area is 212 Å². The minimum absolute atomic E-state index is 0.146. The van der Waals surface area contributed by atoms with Crippen molar-refractivity contribution < 1.29 is 19.2 Å². The van der Waals surface area contributed by atoms with E-state index in [1.807, 2.05) is 13.0 Å². The molecule has 2 atom stereocenters. The first kappa shape index (κ1) is 23.9. The molecule has 37 heavy (non-hydrogen) atoms. The lowest BCUT2D eigenvalue weighted by atomic mass is 10.0. The molecule has 2 unspecified atom stereocenters. The molecule has 4 amide bonds. The maximum atomic E-state index is 13.1. The highest BCUT2D eigenvalue weighted by Gasteiger charge is 2.39. The number of carbonyl (C=O) groups excluding carboxylic acids is 4. The van der Waals surface area contributed by atoms with Gasteiger partial charge in [-0.3, -0.25) is 24.5 Å². The van der Waals surface area contributed by atoms with Crippen molar-refractivity contribution in [3.05, 3.63) is 76.6 Å². The van der Waals surface area contributed by atoms with Gasteiger partial charge in [-0.15, -0.1) is 5.10 Å². The molecule has 1 N–H and O–H groups in total. The van der Waals surface area contributed by atoms with E-state index >= 15 is 0 Å². The SMILES string of the molecule is CC(c1cccc(C#N)c1)N(C)C(=O)c1cn(-c2ccc3c(c2)CN(C2CCC(=O)NC2=O)C3=O)nn1. The molecule has 0 bridgehead atoms. The number of carbonyl (C=O) groups is 4. The van der Waals surface area contributed by atoms with Crippen molar-refractivity contribution >= 4 is 23.6 Å². The zero-order valence-corrected chi connectivity index (χ0v) is 20.2. The summed E-state index contributed by atoms with van der Waals surface area (Å²) in [6.45, 7) is 2.10. The van der Waals surface area contributed by atoms with E-state index in [-0.39, 0.29) is 42.4 Å². The predicted octanol–water partition coefficient (Wildman–Crippen LogP) is 1.73. The standard InChI is InChI=1S/C26H23N7O4/c1-15(17-5-3-4-16(10-17)12-27)31(2)26(37)21-14-33(30-29-21)19-6-7-20-18(11-19)13-32(25(20)36)22-8-9-23(34)28-24(22)35/h3-7,10-11,14-15,22H,8-9,13H2,1-2H3,(H,28,34,35). The van der Waals surface area contributed by atoms with Crippen LogP contribution in [0.25, 0.3) is 5.69 Å². The van der Waals surface area contributed by atoms with Crippen LogP contribution in [0.3, 0.4) is 0 Å². The summed E-state index contributed by atoms with van der Waals surface area (Å²) in [7, 11) is 1.66. The highest BCUT2D eigenvalue weighted by atomic mass is 16.2. The maximum absolute atomic E-state index is 13.1. The maximum Gasteiger partial charge on any atom is 0.276 e. The van der Waals surface area contributed by atoms with E-state index in [9.17, 15) is 19.2 Å². The highest BCUT2D eigenvalue weighted by Crippen LogP contribution is 2.29. The topological polar surface area (TPSA) is 141 Å². The third-order valence-electron chi connectivity index (χ3n) is 6.88. The van der Waals surface area contributed by atoms with Crippen LogP contribution in [-0.4, -0.2) is 61.5 Å². The lowest BCUT2D eigenvalue weighted by molar-refractivity contribution is -0.136. The molecule has 1 saturated heterocycles. The van der Waals surface area contributed by atoms with E-state index in [2.05, 4.69) is 21.7 Å². The van der Waals surface area contributed by atoms with Gasteiger partial charge < -0.3 is 9.80 Å². The van der Waals surface area contributed by atoms with Crippen molar-refractivity contribution in [2.24, 2.45) is 0 Å². The first-order valence-electron chi connectivity index (χ1n) is 11.7. The van der Waals surface area contributed by atoms with E-state index in [1.165, 1.54) is 20.7 Å². The number of rotatable bonds is 5. The molecule has 2 aliphatic heterocycles. The molecule has 1 aromatic heterocycles. The molecule has 3 heterocycles. The number of amides is 4. The number of nitrogens with zero attached hydrogens (tertiary/aromatic N) is 6. The van der Waals surface area contributed by atoms with Crippen LogP contribution in [0, 0.1) is 11.3 Å². The van der Waals surface area contributed by atoms with Gasteiger partial charge >= 0.3 is 0 Å². The summed E-state index contributed by atoms with van der Waals surface area (Å²) in [5.41, 5.74) is 3.30. The van der Waals surface area contributed by atoms with E-state index in [1.54, 1.807) is 43.4 Å². The van der Waals surface area contributed by atoms with Gasteiger partial charge in [-0.25, -0.2) is 4.68 Å². The van der Waals surface area contributed by atoms with Crippen LogP contribution in [-0.2, 0) is 16.1 Å². The van der Waals surface area contributed by atoms with Crippen LogP contribution in [0.5, 0.6) is 0 Å². The Balaban J connectivity index is 1.33. The second-order valence-electron chi connectivity index (χ2n) is 9.12. The molecule has 2 aromatic carbocycles. The fraction of sp³-hybridized carbons (Fsp3) is 0.269. The zero-order chi connectivity index (χ0) is 26.3. The molecule has 2 aliphatic rings. The Hall–Kier alpha value is -4.85. The van der Waals surface area contributed by atoms with Crippen molar-refractivity contribution in [3.8, 4) is 11.8 Å². The van der Waals surface area contributed by atoms with Gasteiger partial charge in [-0.2, -0.15) is 5.26 Å². The predicted molar refractivity (Wildman–Crippen MR) is 129 cm³/mol. The summed E-state index contributed by atoms with van der Waals surface area (Å²) < 4.78 is 1.46. The Morgan fingerprint density at radius 2 is 2.03 bits per heavy atom. The van der Waals surface area contributed by atoms with Crippen molar-refractivity contribution in [1.29, 1.82) is 5.26 Å². The van der Waals surface area contributed by atoms with Gasteiger partial charge in [0.2, 0.25) is 11.8 Å². The monoisotopic (exact) mass is 497 g/mol. The summed E-state index contributed by atoms with van der Waals surface area (Å²) in [6, 6.07) is 13.3. The summed E-state index contributed by atoms with van der Waals surface area (Å²) in [5.74, 6) is -1.39. The summed E-state index contributed by atoms with van der Waals surface area (Å²) in [4.78, 5) is 52.8. The third kappa shape index (κ3) is 4.33. The van der Waals surface area contributed by atoms with Gasteiger partial charge in [0.15, 0.2) is 5.69 Å². The largest absolute Gasteiger partial charge is 0.334 e. The summed E-state index contributed by atoms with van der Waals surface area (Å²) in [5, 5.41) is 19.6. The van der Waals surface area contributed by atoms with Crippen molar-refractivity contribution in [3.63, 3.8) is 0 Å². The molecule has 0 radical (unpaired) electrons. The number of benzene rings is 2. The second kappa shape index (κ2) is 9.31. The summed E-state index contributed by atoms with van der Waals surface area (Å²) >= 11 is 0. The quantitative estimate of drug-likeness (QED) is 0.529. The van der Waals surface area contributed by atoms with Gasteiger partial charge in [0.1, 0.15) is 6.04 Å². The van der Waals surface area contributed by atoms with Crippen molar-refractivity contribution in [1.82, 2.24) is 30.1 Å². The minimum Gasteiger partial charge on any atom is -0.334 e. The normalized spacial score (nSPS) is 17.7. The number of imide groups is 1. The lowest BCUT2D eigenvalue weighted by Crippen LogP contribution is -2.52. The number of nitriles is 1. The van der Waals surface area contributed by atoms with Gasteiger partial charge in [-0.1, -0.05) is 17.3 Å². The van der Waals surface area contributed by atoms with Crippen LogP contribution in [0.15, 0.2) is 48.7 Å². The number of fused-ring (bicyclic) bond motifs is 1.